The number of anilines is 1. The largest absolute Gasteiger partial charge is 0.466 e. The highest BCUT2D eigenvalue weighted by Gasteiger charge is 2.13. The smallest absolute Gasteiger partial charge is 0.306 e. The molecule has 1 amide bonds. The predicted molar refractivity (Wildman–Crippen MR) is 79.8 cm³/mol. The number of rotatable bonds is 6. The quantitative estimate of drug-likeness (QED) is 0.811. The maximum atomic E-state index is 11.9. The van der Waals surface area contributed by atoms with Crippen molar-refractivity contribution < 1.29 is 14.3 Å². The Morgan fingerprint density at radius 2 is 1.95 bits per heavy atom. The van der Waals surface area contributed by atoms with Crippen LogP contribution in [0.1, 0.15) is 50.7 Å². The maximum absolute atomic E-state index is 11.9. The number of benzene rings is 1. The molecule has 20 heavy (non-hydrogen) atoms. The first-order valence-electron chi connectivity index (χ1n) is 7.00. The molecule has 0 aliphatic heterocycles. The van der Waals surface area contributed by atoms with Crippen molar-refractivity contribution in [1.29, 1.82) is 0 Å². The van der Waals surface area contributed by atoms with Crippen molar-refractivity contribution in [2.75, 3.05) is 11.9 Å². The predicted octanol–water partition coefficient (Wildman–Crippen LogP) is 3.40. The van der Waals surface area contributed by atoms with Gasteiger partial charge in [-0.15, -0.1) is 0 Å². The van der Waals surface area contributed by atoms with Gasteiger partial charge in [0.2, 0.25) is 5.91 Å². The van der Waals surface area contributed by atoms with Gasteiger partial charge in [0.25, 0.3) is 0 Å². The molecule has 0 atom stereocenters. The van der Waals surface area contributed by atoms with Gasteiger partial charge in [0.15, 0.2) is 0 Å². The van der Waals surface area contributed by atoms with Gasteiger partial charge in [-0.25, -0.2) is 0 Å². The molecule has 0 aliphatic rings. The van der Waals surface area contributed by atoms with E-state index in [1.165, 1.54) is 0 Å². The monoisotopic (exact) mass is 277 g/mol. The van der Waals surface area contributed by atoms with Crippen molar-refractivity contribution in [3.05, 3.63) is 29.3 Å². The molecule has 0 heterocycles. The topological polar surface area (TPSA) is 55.4 Å². The summed E-state index contributed by atoms with van der Waals surface area (Å²) in [6.45, 7) is 8.23. The summed E-state index contributed by atoms with van der Waals surface area (Å²) >= 11 is 0. The molecule has 1 aromatic carbocycles. The first-order chi connectivity index (χ1) is 9.45. The van der Waals surface area contributed by atoms with Crippen LogP contribution in [0.5, 0.6) is 0 Å². The van der Waals surface area contributed by atoms with E-state index < -0.39 is 0 Å². The number of carbonyl (C=O) groups is 2. The summed E-state index contributed by atoms with van der Waals surface area (Å²) in [5.41, 5.74) is 2.99. The van der Waals surface area contributed by atoms with Gasteiger partial charge >= 0.3 is 5.97 Å². The van der Waals surface area contributed by atoms with E-state index in [4.69, 9.17) is 4.74 Å². The summed E-state index contributed by atoms with van der Waals surface area (Å²) in [6, 6.07) is 5.96. The number of hydrogen-bond donors (Lipinski definition) is 1. The second kappa shape index (κ2) is 7.68. The third-order valence-corrected chi connectivity index (χ3v) is 3.05. The number of nitrogens with one attached hydrogen (secondary N) is 1. The normalized spacial score (nSPS) is 10.4. The summed E-state index contributed by atoms with van der Waals surface area (Å²) in [7, 11) is 0. The third-order valence-electron chi connectivity index (χ3n) is 3.05. The lowest BCUT2D eigenvalue weighted by atomic mass is 9.98. The van der Waals surface area contributed by atoms with E-state index in [2.05, 4.69) is 19.2 Å². The number of para-hydroxylation sites is 1. The molecule has 1 rings (SSSR count). The highest BCUT2D eigenvalue weighted by Crippen LogP contribution is 2.27. The zero-order valence-corrected chi connectivity index (χ0v) is 12.7. The van der Waals surface area contributed by atoms with Crippen LogP contribution in [0.25, 0.3) is 0 Å². The Morgan fingerprint density at radius 1 is 1.25 bits per heavy atom. The minimum absolute atomic E-state index is 0.114. The first kappa shape index (κ1) is 16.2. The number of esters is 1. The van der Waals surface area contributed by atoms with Crippen molar-refractivity contribution in [3.63, 3.8) is 0 Å². The molecule has 110 valence electrons. The zero-order chi connectivity index (χ0) is 15.1. The molecule has 1 N–H and O–H groups in total. The molecule has 4 heteroatoms. The second-order valence-electron chi connectivity index (χ2n) is 5.05. The molecule has 0 aliphatic carbocycles. The lowest BCUT2D eigenvalue weighted by Gasteiger charge is -2.16. The number of hydrogen-bond acceptors (Lipinski definition) is 3. The van der Waals surface area contributed by atoms with Crippen molar-refractivity contribution in [2.24, 2.45) is 0 Å². The lowest BCUT2D eigenvalue weighted by Crippen LogP contribution is -2.16. The molecule has 0 fully saturated rings. The Labute approximate surface area is 120 Å². The highest BCUT2D eigenvalue weighted by molar-refractivity contribution is 5.94. The molecule has 0 spiro atoms. The van der Waals surface area contributed by atoms with E-state index >= 15 is 0 Å². The number of amides is 1. The van der Waals surface area contributed by atoms with Gasteiger partial charge in [-0.1, -0.05) is 32.0 Å². The van der Waals surface area contributed by atoms with Crippen LogP contribution in [-0.4, -0.2) is 18.5 Å². The van der Waals surface area contributed by atoms with Crippen molar-refractivity contribution in [1.82, 2.24) is 0 Å². The minimum atomic E-state index is -0.337. The molecule has 0 unspecified atom stereocenters. The molecule has 0 aromatic heterocycles. The van der Waals surface area contributed by atoms with Crippen LogP contribution in [0.2, 0.25) is 0 Å². The van der Waals surface area contributed by atoms with Crippen LogP contribution in [-0.2, 0) is 14.3 Å². The van der Waals surface area contributed by atoms with Crippen LogP contribution in [0, 0.1) is 6.92 Å². The number of aryl methyl sites for hydroxylation is 1. The number of carbonyl (C=O) groups excluding carboxylic acids is 2. The Kier molecular flexibility index (Phi) is 6.22. The first-order valence-corrected chi connectivity index (χ1v) is 7.00. The van der Waals surface area contributed by atoms with Gasteiger partial charge in [0.05, 0.1) is 13.0 Å². The van der Waals surface area contributed by atoms with Gasteiger partial charge in [0.1, 0.15) is 0 Å². The molecular formula is C16H23NO3. The van der Waals surface area contributed by atoms with Crippen molar-refractivity contribution in [3.8, 4) is 0 Å². The molecule has 0 bridgehead atoms. The van der Waals surface area contributed by atoms with Crippen LogP contribution in [0.4, 0.5) is 5.69 Å². The van der Waals surface area contributed by atoms with E-state index in [0.717, 1.165) is 16.8 Å². The molecule has 1 aromatic rings. The van der Waals surface area contributed by atoms with E-state index in [1.54, 1.807) is 6.92 Å². The lowest BCUT2D eigenvalue weighted by molar-refractivity contribution is -0.144. The zero-order valence-electron chi connectivity index (χ0n) is 12.7. The summed E-state index contributed by atoms with van der Waals surface area (Å²) in [5.74, 6) is -0.166. The van der Waals surface area contributed by atoms with E-state index in [0.29, 0.717) is 12.5 Å². The van der Waals surface area contributed by atoms with Crippen LogP contribution in [0.3, 0.4) is 0 Å². The fourth-order valence-electron chi connectivity index (χ4n) is 1.99. The molecule has 4 nitrogen and oxygen atoms in total. The maximum Gasteiger partial charge on any atom is 0.306 e. The van der Waals surface area contributed by atoms with Crippen LogP contribution >= 0.6 is 0 Å². The minimum Gasteiger partial charge on any atom is -0.466 e. The van der Waals surface area contributed by atoms with Gasteiger partial charge in [-0.2, -0.15) is 0 Å². The van der Waals surface area contributed by atoms with E-state index in [-0.39, 0.29) is 24.7 Å². The standard InChI is InChI=1S/C16H23NO3/c1-5-20-15(19)10-9-14(18)17-16-12(4)7-6-8-13(16)11(2)3/h6-8,11H,5,9-10H2,1-4H3,(H,17,18). The molecule has 0 saturated carbocycles. The van der Waals surface area contributed by atoms with Crippen molar-refractivity contribution >= 4 is 17.6 Å². The SMILES string of the molecule is CCOC(=O)CCC(=O)Nc1c(C)cccc1C(C)C. The Balaban J connectivity index is 2.69. The third kappa shape index (κ3) is 4.68. The average molecular weight is 277 g/mol. The average Bonchev–Trinajstić information content (AvgIpc) is 2.39. The number of ether oxygens (including phenoxy) is 1. The van der Waals surface area contributed by atoms with Gasteiger partial charge in [-0.3, -0.25) is 9.59 Å². The summed E-state index contributed by atoms with van der Waals surface area (Å²) in [6.07, 6.45) is 0.257. The fourth-order valence-corrected chi connectivity index (χ4v) is 1.99. The molecular weight excluding hydrogens is 254 g/mol. The molecule has 0 radical (unpaired) electrons. The summed E-state index contributed by atoms with van der Waals surface area (Å²) in [4.78, 5) is 23.2. The Morgan fingerprint density at radius 3 is 2.55 bits per heavy atom. The summed E-state index contributed by atoms with van der Waals surface area (Å²) < 4.78 is 4.81. The van der Waals surface area contributed by atoms with E-state index in [9.17, 15) is 9.59 Å². The van der Waals surface area contributed by atoms with Gasteiger partial charge in [0, 0.05) is 12.1 Å². The van der Waals surface area contributed by atoms with E-state index in [1.807, 2.05) is 25.1 Å². The van der Waals surface area contributed by atoms with Crippen molar-refractivity contribution in [2.45, 2.75) is 46.5 Å². The molecule has 0 saturated heterocycles. The van der Waals surface area contributed by atoms with Gasteiger partial charge in [-0.05, 0) is 30.9 Å². The fraction of sp³-hybridized carbons (Fsp3) is 0.500. The highest BCUT2D eigenvalue weighted by atomic mass is 16.5. The van der Waals surface area contributed by atoms with Crippen LogP contribution < -0.4 is 5.32 Å². The summed E-state index contributed by atoms with van der Waals surface area (Å²) in [5, 5.41) is 2.91. The van der Waals surface area contributed by atoms with Gasteiger partial charge < -0.3 is 10.1 Å². The van der Waals surface area contributed by atoms with Crippen LogP contribution in [0.15, 0.2) is 18.2 Å². The second-order valence-corrected chi connectivity index (χ2v) is 5.05. The Hall–Kier alpha value is -1.84. The Bertz CT molecular complexity index is 481.